The first kappa shape index (κ1) is 14.8. The SMILES string of the molecule is O=S(=O)(O)CCC(O)N1CCN(CCO)CC1. The number of hydrogen-bond donors (Lipinski definition) is 3. The van der Waals surface area contributed by atoms with Gasteiger partial charge < -0.3 is 10.2 Å². The largest absolute Gasteiger partial charge is 0.395 e. The normalized spacial score (nSPS) is 21.6. The Labute approximate surface area is 101 Å². The maximum atomic E-state index is 10.5. The highest BCUT2D eigenvalue weighted by Crippen LogP contribution is 2.08. The number of hydrogen-bond acceptors (Lipinski definition) is 6. The molecular formula is C9H20N2O5S. The highest BCUT2D eigenvalue weighted by molar-refractivity contribution is 7.85. The molecule has 17 heavy (non-hydrogen) atoms. The minimum Gasteiger partial charge on any atom is -0.395 e. The molecule has 3 N–H and O–H groups in total. The van der Waals surface area contributed by atoms with Gasteiger partial charge in [-0.05, 0) is 0 Å². The zero-order valence-corrected chi connectivity index (χ0v) is 10.5. The van der Waals surface area contributed by atoms with E-state index < -0.39 is 22.1 Å². The number of piperazine rings is 1. The lowest BCUT2D eigenvalue weighted by Crippen LogP contribution is -2.51. The van der Waals surface area contributed by atoms with Crippen molar-refractivity contribution in [1.29, 1.82) is 0 Å². The van der Waals surface area contributed by atoms with Crippen LogP contribution in [0.1, 0.15) is 6.42 Å². The molecule has 1 aliphatic rings. The molecule has 8 heteroatoms. The van der Waals surface area contributed by atoms with E-state index in [0.29, 0.717) is 19.6 Å². The summed E-state index contributed by atoms with van der Waals surface area (Å²) in [6.45, 7) is 3.48. The summed E-state index contributed by atoms with van der Waals surface area (Å²) in [7, 11) is -4.01. The van der Waals surface area contributed by atoms with E-state index in [-0.39, 0.29) is 13.0 Å². The Kier molecular flexibility index (Phi) is 5.77. The molecule has 102 valence electrons. The standard InChI is InChI=1S/C9H20N2O5S/c12-7-6-10-2-4-11(5-3-10)9(13)1-8-17(14,15)16/h9,12-13H,1-8H2,(H,14,15,16). The van der Waals surface area contributed by atoms with Crippen LogP contribution in [0.2, 0.25) is 0 Å². The van der Waals surface area contributed by atoms with E-state index in [1.54, 1.807) is 4.90 Å². The minimum atomic E-state index is -4.01. The molecule has 1 rings (SSSR count). The third-order valence-corrected chi connectivity index (χ3v) is 3.63. The summed E-state index contributed by atoms with van der Waals surface area (Å²) >= 11 is 0. The van der Waals surface area contributed by atoms with Crippen molar-refractivity contribution in [1.82, 2.24) is 9.80 Å². The van der Waals surface area contributed by atoms with Gasteiger partial charge in [0.15, 0.2) is 0 Å². The Balaban J connectivity index is 2.28. The van der Waals surface area contributed by atoms with Gasteiger partial charge in [-0.1, -0.05) is 0 Å². The molecule has 7 nitrogen and oxygen atoms in total. The van der Waals surface area contributed by atoms with E-state index >= 15 is 0 Å². The monoisotopic (exact) mass is 268 g/mol. The molecule has 0 aliphatic carbocycles. The Hall–Kier alpha value is -0.250. The fourth-order valence-electron chi connectivity index (χ4n) is 1.86. The summed E-state index contributed by atoms with van der Waals surface area (Å²) in [6, 6.07) is 0. The van der Waals surface area contributed by atoms with Crippen molar-refractivity contribution >= 4 is 10.1 Å². The fourth-order valence-corrected chi connectivity index (χ4v) is 2.37. The highest BCUT2D eigenvalue weighted by Gasteiger charge is 2.22. The first-order valence-electron chi connectivity index (χ1n) is 5.63. The van der Waals surface area contributed by atoms with Crippen LogP contribution >= 0.6 is 0 Å². The zero-order chi connectivity index (χ0) is 12.9. The second-order valence-corrected chi connectivity index (χ2v) is 5.73. The van der Waals surface area contributed by atoms with Crippen molar-refractivity contribution in [2.24, 2.45) is 0 Å². The quantitative estimate of drug-likeness (QED) is 0.488. The van der Waals surface area contributed by atoms with E-state index in [4.69, 9.17) is 9.66 Å². The second-order valence-electron chi connectivity index (χ2n) is 4.16. The topological polar surface area (TPSA) is 101 Å². The van der Waals surface area contributed by atoms with Crippen LogP contribution in [-0.4, -0.2) is 84.3 Å². The van der Waals surface area contributed by atoms with Gasteiger partial charge in [0, 0.05) is 39.1 Å². The molecule has 0 spiro atoms. The third kappa shape index (κ3) is 5.75. The van der Waals surface area contributed by atoms with Crippen LogP contribution in [0, 0.1) is 0 Å². The van der Waals surface area contributed by atoms with Crippen LogP contribution in [0.15, 0.2) is 0 Å². The molecular weight excluding hydrogens is 248 g/mol. The van der Waals surface area contributed by atoms with Gasteiger partial charge >= 0.3 is 0 Å². The number of aliphatic hydroxyl groups excluding tert-OH is 2. The van der Waals surface area contributed by atoms with Crippen LogP contribution in [0.3, 0.4) is 0 Å². The predicted octanol–water partition coefficient (Wildman–Crippen LogP) is -1.81. The van der Waals surface area contributed by atoms with E-state index in [0.717, 1.165) is 13.1 Å². The number of rotatable bonds is 6. The molecule has 0 amide bonds. The van der Waals surface area contributed by atoms with Crippen LogP contribution in [0.25, 0.3) is 0 Å². The van der Waals surface area contributed by atoms with Crippen molar-refractivity contribution in [2.45, 2.75) is 12.6 Å². The maximum absolute atomic E-state index is 10.5. The van der Waals surface area contributed by atoms with Gasteiger partial charge in [-0.15, -0.1) is 0 Å². The Morgan fingerprint density at radius 1 is 1.18 bits per heavy atom. The summed E-state index contributed by atoms with van der Waals surface area (Å²) in [5.74, 6) is -0.426. The van der Waals surface area contributed by atoms with Crippen molar-refractivity contribution in [3.8, 4) is 0 Å². The lowest BCUT2D eigenvalue weighted by Gasteiger charge is -2.36. The van der Waals surface area contributed by atoms with E-state index in [2.05, 4.69) is 4.90 Å². The van der Waals surface area contributed by atoms with Gasteiger partial charge in [0.05, 0.1) is 12.4 Å². The molecule has 0 bridgehead atoms. The smallest absolute Gasteiger partial charge is 0.265 e. The summed E-state index contributed by atoms with van der Waals surface area (Å²) in [5.41, 5.74) is 0. The molecule has 0 aromatic heterocycles. The van der Waals surface area contributed by atoms with Gasteiger partial charge in [-0.25, -0.2) is 0 Å². The zero-order valence-electron chi connectivity index (χ0n) is 9.70. The maximum Gasteiger partial charge on any atom is 0.265 e. The van der Waals surface area contributed by atoms with Crippen molar-refractivity contribution in [2.75, 3.05) is 45.1 Å². The van der Waals surface area contributed by atoms with Gasteiger partial charge in [-0.2, -0.15) is 8.42 Å². The third-order valence-electron chi connectivity index (χ3n) is 2.88. The fraction of sp³-hybridized carbons (Fsp3) is 1.00. The van der Waals surface area contributed by atoms with Gasteiger partial charge in [0.2, 0.25) is 0 Å². The van der Waals surface area contributed by atoms with E-state index in [1.807, 2.05) is 0 Å². The molecule has 0 saturated carbocycles. The van der Waals surface area contributed by atoms with Crippen molar-refractivity contribution in [3.63, 3.8) is 0 Å². The molecule has 1 aliphatic heterocycles. The highest BCUT2D eigenvalue weighted by atomic mass is 32.2. The van der Waals surface area contributed by atoms with Crippen LogP contribution in [-0.2, 0) is 10.1 Å². The summed E-state index contributed by atoms with van der Waals surface area (Å²) in [5, 5.41) is 18.5. The number of β-amino-alcohol motifs (C(OH)–C–C–N with tert-alkyl or cyclic N) is 1. The lowest BCUT2D eigenvalue weighted by molar-refractivity contribution is -0.0282. The molecule has 1 fully saturated rings. The molecule has 0 radical (unpaired) electrons. The number of nitrogens with zero attached hydrogens (tertiary/aromatic N) is 2. The van der Waals surface area contributed by atoms with E-state index in [9.17, 15) is 13.5 Å². The Morgan fingerprint density at radius 2 is 1.76 bits per heavy atom. The Morgan fingerprint density at radius 3 is 2.24 bits per heavy atom. The average molecular weight is 268 g/mol. The molecule has 1 atom stereocenters. The van der Waals surface area contributed by atoms with E-state index in [1.165, 1.54) is 0 Å². The first-order chi connectivity index (χ1) is 7.92. The lowest BCUT2D eigenvalue weighted by atomic mass is 10.2. The summed E-state index contributed by atoms with van der Waals surface area (Å²) in [6.07, 6.45) is -0.827. The first-order valence-corrected chi connectivity index (χ1v) is 7.24. The second kappa shape index (κ2) is 6.62. The van der Waals surface area contributed by atoms with Crippen molar-refractivity contribution < 1.29 is 23.2 Å². The van der Waals surface area contributed by atoms with Crippen LogP contribution in [0.5, 0.6) is 0 Å². The van der Waals surface area contributed by atoms with Crippen LogP contribution in [0.4, 0.5) is 0 Å². The molecule has 1 heterocycles. The van der Waals surface area contributed by atoms with Gasteiger partial charge in [-0.3, -0.25) is 14.4 Å². The summed E-state index contributed by atoms with van der Waals surface area (Å²) in [4.78, 5) is 3.85. The molecule has 0 aromatic carbocycles. The van der Waals surface area contributed by atoms with Gasteiger partial charge in [0.1, 0.15) is 6.23 Å². The van der Waals surface area contributed by atoms with Gasteiger partial charge in [0.25, 0.3) is 10.1 Å². The Bertz CT molecular complexity index is 313. The number of aliphatic hydroxyl groups is 2. The van der Waals surface area contributed by atoms with Crippen molar-refractivity contribution in [3.05, 3.63) is 0 Å². The minimum absolute atomic E-state index is 0.0127. The molecule has 0 aromatic rings. The summed E-state index contributed by atoms with van der Waals surface area (Å²) < 4.78 is 29.7. The predicted molar refractivity (Wildman–Crippen MR) is 62.1 cm³/mol. The molecule has 1 unspecified atom stereocenters. The average Bonchev–Trinajstić information content (AvgIpc) is 2.26. The van der Waals surface area contributed by atoms with Crippen LogP contribution < -0.4 is 0 Å². The molecule has 1 saturated heterocycles.